The first kappa shape index (κ1) is 15.5. The summed E-state index contributed by atoms with van der Waals surface area (Å²) in [6.45, 7) is 10.2. The molecule has 0 aromatic heterocycles. The normalized spacial score (nSPS) is 19.3. The van der Waals surface area contributed by atoms with Crippen molar-refractivity contribution in [3.05, 3.63) is 34.3 Å². The molecule has 3 heteroatoms. The summed E-state index contributed by atoms with van der Waals surface area (Å²) >= 11 is 6.16. The van der Waals surface area contributed by atoms with E-state index in [1.54, 1.807) is 6.92 Å². The van der Waals surface area contributed by atoms with Crippen molar-refractivity contribution in [2.24, 2.45) is 0 Å². The Morgan fingerprint density at radius 1 is 1.30 bits per heavy atom. The highest BCUT2D eigenvalue weighted by Gasteiger charge is 2.41. The summed E-state index contributed by atoms with van der Waals surface area (Å²) < 4.78 is 0. The Labute approximate surface area is 127 Å². The van der Waals surface area contributed by atoms with E-state index < -0.39 is 0 Å². The van der Waals surface area contributed by atoms with E-state index in [9.17, 15) is 4.79 Å². The highest BCUT2D eigenvalue weighted by atomic mass is 35.5. The van der Waals surface area contributed by atoms with Gasteiger partial charge >= 0.3 is 0 Å². The van der Waals surface area contributed by atoms with E-state index in [4.69, 9.17) is 11.6 Å². The molecule has 0 spiro atoms. The molecule has 1 saturated heterocycles. The van der Waals surface area contributed by atoms with Gasteiger partial charge in [-0.25, -0.2) is 0 Å². The standard InChI is InChI=1S/C17H24ClNO/c1-12(2)19-9-7-17(8-10-19,14(4)20)16-11-15(18)6-5-13(16)3/h5-6,11-12H,7-10H2,1-4H3. The summed E-state index contributed by atoms with van der Waals surface area (Å²) in [6.07, 6.45) is 1.78. The van der Waals surface area contributed by atoms with Crippen LogP contribution in [0, 0.1) is 6.92 Å². The average molecular weight is 294 g/mol. The molecule has 0 saturated carbocycles. The molecule has 0 unspecified atom stereocenters. The molecular weight excluding hydrogens is 270 g/mol. The van der Waals surface area contributed by atoms with E-state index in [1.807, 2.05) is 18.2 Å². The van der Waals surface area contributed by atoms with Crippen LogP contribution < -0.4 is 0 Å². The van der Waals surface area contributed by atoms with Crippen molar-refractivity contribution in [3.63, 3.8) is 0 Å². The molecule has 1 aromatic rings. The van der Waals surface area contributed by atoms with E-state index >= 15 is 0 Å². The van der Waals surface area contributed by atoms with Gasteiger partial charge in [-0.3, -0.25) is 4.79 Å². The highest BCUT2D eigenvalue weighted by Crippen LogP contribution is 2.39. The molecule has 0 N–H and O–H groups in total. The van der Waals surface area contributed by atoms with E-state index in [1.165, 1.54) is 5.56 Å². The first-order valence-electron chi connectivity index (χ1n) is 7.38. The maximum atomic E-state index is 12.4. The Morgan fingerprint density at radius 2 is 1.90 bits per heavy atom. The van der Waals surface area contributed by atoms with E-state index in [0.717, 1.165) is 36.5 Å². The van der Waals surface area contributed by atoms with Crippen LogP contribution in [-0.2, 0) is 10.2 Å². The number of hydrogen-bond donors (Lipinski definition) is 0. The quantitative estimate of drug-likeness (QED) is 0.840. The van der Waals surface area contributed by atoms with Crippen LogP contribution in [0.15, 0.2) is 18.2 Å². The van der Waals surface area contributed by atoms with Crippen LogP contribution in [0.1, 0.15) is 44.7 Å². The average Bonchev–Trinajstić information content (AvgIpc) is 2.41. The maximum Gasteiger partial charge on any atom is 0.140 e. The van der Waals surface area contributed by atoms with Crippen molar-refractivity contribution in [2.75, 3.05) is 13.1 Å². The number of benzene rings is 1. The fourth-order valence-electron chi connectivity index (χ4n) is 3.34. The minimum Gasteiger partial charge on any atom is -0.301 e. The van der Waals surface area contributed by atoms with Gasteiger partial charge in [0.1, 0.15) is 5.78 Å². The van der Waals surface area contributed by atoms with E-state index in [2.05, 4.69) is 25.7 Å². The van der Waals surface area contributed by atoms with Crippen molar-refractivity contribution in [2.45, 2.75) is 52.0 Å². The molecule has 1 fully saturated rings. The smallest absolute Gasteiger partial charge is 0.140 e. The van der Waals surface area contributed by atoms with Gasteiger partial charge in [0.05, 0.1) is 5.41 Å². The zero-order valence-electron chi connectivity index (χ0n) is 12.9. The Balaban J connectivity index is 2.37. The lowest BCUT2D eigenvalue weighted by molar-refractivity contribution is -0.124. The largest absolute Gasteiger partial charge is 0.301 e. The van der Waals surface area contributed by atoms with Gasteiger partial charge < -0.3 is 4.90 Å². The molecule has 0 atom stereocenters. The van der Waals surface area contributed by atoms with Crippen LogP contribution in [-0.4, -0.2) is 29.8 Å². The molecular formula is C17H24ClNO. The number of carbonyl (C=O) groups is 1. The number of likely N-dealkylation sites (tertiary alicyclic amines) is 1. The maximum absolute atomic E-state index is 12.4. The summed E-state index contributed by atoms with van der Waals surface area (Å²) in [5.74, 6) is 0.270. The fraction of sp³-hybridized carbons (Fsp3) is 0.588. The van der Waals surface area contributed by atoms with Crippen LogP contribution in [0.3, 0.4) is 0 Å². The second-order valence-electron chi connectivity index (χ2n) is 6.23. The van der Waals surface area contributed by atoms with Gasteiger partial charge in [0, 0.05) is 11.1 Å². The predicted molar refractivity (Wildman–Crippen MR) is 84.5 cm³/mol. The van der Waals surface area contributed by atoms with E-state index in [-0.39, 0.29) is 11.2 Å². The van der Waals surface area contributed by atoms with Crippen LogP contribution in [0.2, 0.25) is 5.02 Å². The monoisotopic (exact) mass is 293 g/mol. The van der Waals surface area contributed by atoms with Gasteiger partial charge in [-0.15, -0.1) is 0 Å². The molecule has 0 aliphatic carbocycles. The van der Waals surface area contributed by atoms with Crippen molar-refractivity contribution in [1.29, 1.82) is 0 Å². The van der Waals surface area contributed by atoms with Crippen molar-refractivity contribution in [1.82, 2.24) is 4.90 Å². The fourth-order valence-corrected chi connectivity index (χ4v) is 3.52. The lowest BCUT2D eigenvalue weighted by Crippen LogP contribution is -2.48. The molecule has 2 nitrogen and oxygen atoms in total. The Morgan fingerprint density at radius 3 is 2.40 bits per heavy atom. The van der Waals surface area contributed by atoms with E-state index in [0.29, 0.717) is 6.04 Å². The molecule has 1 heterocycles. The number of halogens is 1. The summed E-state index contributed by atoms with van der Waals surface area (Å²) in [7, 11) is 0. The minimum atomic E-state index is -0.347. The van der Waals surface area contributed by atoms with Crippen molar-refractivity contribution in [3.8, 4) is 0 Å². The molecule has 1 aliphatic rings. The van der Waals surface area contributed by atoms with Gasteiger partial charge in [-0.1, -0.05) is 17.7 Å². The minimum absolute atomic E-state index is 0.270. The van der Waals surface area contributed by atoms with Crippen LogP contribution >= 0.6 is 11.6 Å². The number of nitrogens with zero attached hydrogens (tertiary/aromatic N) is 1. The third-order valence-electron chi connectivity index (χ3n) is 4.77. The number of ketones is 1. The van der Waals surface area contributed by atoms with Crippen molar-refractivity contribution < 1.29 is 4.79 Å². The molecule has 20 heavy (non-hydrogen) atoms. The third kappa shape index (κ3) is 2.77. The second-order valence-corrected chi connectivity index (χ2v) is 6.66. The number of aryl methyl sites for hydroxylation is 1. The number of Topliss-reactive ketones (excluding diaryl/α,β-unsaturated/α-hetero) is 1. The van der Waals surface area contributed by atoms with Gasteiger partial charge in [0.15, 0.2) is 0 Å². The first-order valence-corrected chi connectivity index (χ1v) is 7.76. The predicted octanol–water partition coefficient (Wildman–Crippen LogP) is 3.98. The van der Waals surface area contributed by atoms with Crippen LogP contribution in [0.5, 0.6) is 0 Å². The molecule has 1 aliphatic heterocycles. The van der Waals surface area contributed by atoms with Gasteiger partial charge in [-0.2, -0.15) is 0 Å². The van der Waals surface area contributed by atoms with Gasteiger partial charge in [0.25, 0.3) is 0 Å². The SMILES string of the molecule is CC(=O)C1(c2cc(Cl)ccc2C)CCN(C(C)C)CC1. The zero-order chi connectivity index (χ0) is 14.9. The Kier molecular flexibility index (Phi) is 4.55. The molecule has 0 amide bonds. The summed E-state index contributed by atoms with van der Waals surface area (Å²) in [6, 6.07) is 6.46. The number of piperidine rings is 1. The summed E-state index contributed by atoms with van der Waals surface area (Å²) in [5, 5.41) is 0.720. The third-order valence-corrected chi connectivity index (χ3v) is 5.01. The van der Waals surface area contributed by atoms with Gasteiger partial charge in [-0.05, 0) is 76.9 Å². The molecule has 1 aromatic carbocycles. The highest BCUT2D eigenvalue weighted by molar-refractivity contribution is 6.30. The molecule has 110 valence electrons. The van der Waals surface area contributed by atoms with Gasteiger partial charge in [0.2, 0.25) is 0 Å². The number of carbonyl (C=O) groups excluding carboxylic acids is 1. The molecule has 0 bridgehead atoms. The van der Waals surface area contributed by atoms with Crippen LogP contribution in [0.4, 0.5) is 0 Å². The zero-order valence-corrected chi connectivity index (χ0v) is 13.6. The van der Waals surface area contributed by atoms with Crippen LogP contribution in [0.25, 0.3) is 0 Å². The molecule has 0 radical (unpaired) electrons. The summed E-state index contributed by atoms with van der Waals surface area (Å²) in [5.41, 5.74) is 1.95. The lowest BCUT2D eigenvalue weighted by atomic mass is 9.68. The first-order chi connectivity index (χ1) is 9.36. The number of rotatable bonds is 3. The van der Waals surface area contributed by atoms with Crippen molar-refractivity contribution >= 4 is 17.4 Å². The Bertz CT molecular complexity index is 502. The molecule has 2 rings (SSSR count). The lowest BCUT2D eigenvalue weighted by Gasteiger charge is -2.42. The number of hydrogen-bond acceptors (Lipinski definition) is 2. The Hall–Kier alpha value is -0.860. The summed E-state index contributed by atoms with van der Waals surface area (Å²) in [4.78, 5) is 14.8. The second kappa shape index (κ2) is 5.87. The topological polar surface area (TPSA) is 20.3 Å².